The number of hydrogen-bond donors (Lipinski definition) is 1. The molecule has 1 amide bonds. The van der Waals surface area contributed by atoms with E-state index < -0.39 is 0 Å². The highest BCUT2D eigenvalue weighted by Gasteiger charge is 2.12. The van der Waals surface area contributed by atoms with Crippen molar-refractivity contribution in [2.75, 3.05) is 33.3 Å². The van der Waals surface area contributed by atoms with Crippen LogP contribution in [0.3, 0.4) is 0 Å². The maximum atomic E-state index is 12.5. The van der Waals surface area contributed by atoms with E-state index in [1.807, 2.05) is 24.3 Å². The zero-order chi connectivity index (χ0) is 19.2. The van der Waals surface area contributed by atoms with Crippen LogP contribution in [0.5, 0.6) is 5.75 Å². The number of unbranched alkanes of at least 4 members (excludes halogenated alkanes) is 1. The van der Waals surface area contributed by atoms with Crippen LogP contribution in [0.25, 0.3) is 21.1 Å². The van der Waals surface area contributed by atoms with Crippen LogP contribution in [0.1, 0.15) is 36.4 Å². The second-order valence-corrected chi connectivity index (χ2v) is 7.63. The molecule has 5 nitrogen and oxygen atoms in total. The Morgan fingerprint density at radius 3 is 2.78 bits per heavy atom. The van der Waals surface area contributed by atoms with E-state index in [0.717, 1.165) is 46.5 Å². The Hall–Kier alpha value is -2.18. The number of nitrogens with zero attached hydrogens (tertiary/aromatic N) is 2. The number of aromatic nitrogens is 1. The summed E-state index contributed by atoms with van der Waals surface area (Å²) in [6.07, 6.45) is 2.39. The minimum absolute atomic E-state index is 0.0221. The van der Waals surface area contributed by atoms with Gasteiger partial charge in [-0.3, -0.25) is 4.79 Å². The number of carbonyl (C=O) groups excluding carboxylic acids is 1. The van der Waals surface area contributed by atoms with E-state index in [0.29, 0.717) is 11.4 Å². The summed E-state index contributed by atoms with van der Waals surface area (Å²) in [5.74, 6) is 0.763. The van der Waals surface area contributed by atoms with Crippen LogP contribution >= 0.6 is 11.3 Å². The zero-order valence-electron chi connectivity index (χ0n) is 16.2. The van der Waals surface area contributed by atoms with Gasteiger partial charge in [-0.2, -0.15) is 0 Å². The van der Waals surface area contributed by atoms with E-state index in [1.165, 1.54) is 24.2 Å². The van der Waals surface area contributed by atoms with Gasteiger partial charge in [-0.1, -0.05) is 20.3 Å². The minimum Gasteiger partial charge on any atom is -0.497 e. The second kappa shape index (κ2) is 9.15. The molecular formula is C21H27N3O2S. The zero-order valence-corrected chi connectivity index (χ0v) is 17.1. The lowest BCUT2D eigenvalue weighted by Gasteiger charge is -2.19. The van der Waals surface area contributed by atoms with Crippen LogP contribution in [-0.4, -0.2) is 49.1 Å². The molecule has 0 aliphatic carbocycles. The number of methoxy groups -OCH3 is 1. The summed E-state index contributed by atoms with van der Waals surface area (Å²) in [7, 11) is 1.65. The molecule has 6 heteroatoms. The lowest BCUT2D eigenvalue weighted by atomic mass is 10.2. The van der Waals surface area contributed by atoms with E-state index in [4.69, 9.17) is 9.72 Å². The largest absolute Gasteiger partial charge is 0.497 e. The average molecular weight is 386 g/mol. The number of pyridine rings is 1. The number of rotatable bonds is 9. The van der Waals surface area contributed by atoms with Crippen molar-refractivity contribution in [1.82, 2.24) is 15.2 Å². The standard InChI is InChI=1S/C21H27N3O2S/c1-4-6-10-24(5-2)11-9-22-20(25)19-13-16-12-15-7-8-17(26-3)14-18(15)23-21(16)27-19/h7-8,12-14H,4-6,9-11H2,1-3H3,(H,22,25). The van der Waals surface area contributed by atoms with Gasteiger partial charge < -0.3 is 15.0 Å². The molecule has 0 saturated heterocycles. The molecule has 27 heavy (non-hydrogen) atoms. The van der Waals surface area contributed by atoms with E-state index in [9.17, 15) is 4.79 Å². The van der Waals surface area contributed by atoms with Crippen LogP contribution < -0.4 is 10.1 Å². The Kier molecular flexibility index (Phi) is 6.63. The summed E-state index contributed by atoms with van der Waals surface area (Å²) >= 11 is 1.43. The molecule has 0 spiro atoms. The van der Waals surface area contributed by atoms with Gasteiger partial charge in [0.2, 0.25) is 0 Å². The van der Waals surface area contributed by atoms with Crippen molar-refractivity contribution in [3.05, 3.63) is 35.2 Å². The number of thiophene rings is 1. The first kappa shape index (κ1) is 19.6. The fourth-order valence-electron chi connectivity index (χ4n) is 3.07. The fraction of sp³-hybridized carbons (Fsp3) is 0.429. The molecule has 0 atom stereocenters. The van der Waals surface area contributed by atoms with Crippen LogP contribution in [0.4, 0.5) is 0 Å². The van der Waals surface area contributed by atoms with Crippen LogP contribution in [0.15, 0.2) is 30.3 Å². The van der Waals surface area contributed by atoms with Crippen molar-refractivity contribution in [3.8, 4) is 5.75 Å². The maximum absolute atomic E-state index is 12.5. The van der Waals surface area contributed by atoms with E-state index in [1.54, 1.807) is 7.11 Å². The van der Waals surface area contributed by atoms with Gasteiger partial charge in [-0.15, -0.1) is 11.3 Å². The van der Waals surface area contributed by atoms with Gasteiger partial charge in [0.15, 0.2) is 0 Å². The molecular weight excluding hydrogens is 358 g/mol. The number of likely N-dealkylation sites (N-methyl/N-ethyl adjacent to an activating group) is 1. The van der Waals surface area contributed by atoms with Crippen molar-refractivity contribution in [2.24, 2.45) is 0 Å². The second-order valence-electron chi connectivity index (χ2n) is 6.60. The summed E-state index contributed by atoms with van der Waals surface area (Å²) in [5, 5.41) is 5.09. The van der Waals surface area contributed by atoms with Crippen LogP contribution in [-0.2, 0) is 0 Å². The number of amides is 1. The Balaban J connectivity index is 1.68. The Morgan fingerprint density at radius 2 is 2.04 bits per heavy atom. The van der Waals surface area contributed by atoms with E-state index in [2.05, 4.69) is 30.1 Å². The summed E-state index contributed by atoms with van der Waals surface area (Å²) in [5.41, 5.74) is 0.880. The lowest BCUT2D eigenvalue weighted by Crippen LogP contribution is -2.35. The Morgan fingerprint density at radius 1 is 1.19 bits per heavy atom. The molecule has 1 aromatic carbocycles. The van der Waals surface area contributed by atoms with Crippen molar-refractivity contribution in [1.29, 1.82) is 0 Å². The van der Waals surface area contributed by atoms with E-state index >= 15 is 0 Å². The summed E-state index contributed by atoms with van der Waals surface area (Å²) < 4.78 is 5.27. The van der Waals surface area contributed by atoms with Crippen molar-refractivity contribution >= 4 is 38.4 Å². The third kappa shape index (κ3) is 4.76. The number of benzene rings is 1. The number of carbonyl (C=O) groups is 1. The van der Waals surface area contributed by atoms with E-state index in [-0.39, 0.29) is 5.91 Å². The van der Waals surface area contributed by atoms with Crippen molar-refractivity contribution in [2.45, 2.75) is 26.7 Å². The normalized spacial score (nSPS) is 11.4. The highest BCUT2D eigenvalue weighted by molar-refractivity contribution is 7.20. The molecule has 2 heterocycles. The molecule has 0 saturated carbocycles. The average Bonchev–Trinajstić information content (AvgIpc) is 3.11. The van der Waals surface area contributed by atoms with Gasteiger partial charge in [0, 0.05) is 29.9 Å². The SMILES string of the molecule is CCCCN(CC)CCNC(=O)c1cc2cc3ccc(OC)cc3nc2s1. The predicted octanol–water partition coefficient (Wildman–Crippen LogP) is 4.31. The van der Waals surface area contributed by atoms with Gasteiger partial charge in [0.1, 0.15) is 10.6 Å². The van der Waals surface area contributed by atoms with Gasteiger partial charge in [-0.05, 0) is 43.8 Å². The molecule has 0 bridgehead atoms. The third-order valence-electron chi connectivity index (χ3n) is 4.72. The molecule has 3 aromatic rings. The Bertz CT molecular complexity index is 922. The molecule has 0 radical (unpaired) electrons. The smallest absolute Gasteiger partial charge is 0.261 e. The quantitative estimate of drug-likeness (QED) is 0.596. The topological polar surface area (TPSA) is 54.5 Å². The molecule has 0 unspecified atom stereocenters. The number of hydrogen-bond acceptors (Lipinski definition) is 5. The minimum atomic E-state index is -0.0221. The molecule has 2 aromatic heterocycles. The fourth-order valence-corrected chi connectivity index (χ4v) is 4.01. The molecule has 3 rings (SSSR count). The first-order valence-electron chi connectivity index (χ1n) is 9.53. The highest BCUT2D eigenvalue weighted by Crippen LogP contribution is 2.29. The highest BCUT2D eigenvalue weighted by atomic mass is 32.1. The molecule has 0 aliphatic heterocycles. The number of nitrogens with one attached hydrogen (secondary N) is 1. The van der Waals surface area contributed by atoms with Crippen LogP contribution in [0.2, 0.25) is 0 Å². The van der Waals surface area contributed by atoms with Crippen molar-refractivity contribution < 1.29 is 9.53 Å². The van der Waals surface area contributed by atoms with Gasteiger partial charge in [0.05, 0.1) is 17.5 Å². The first-order valence-corrected chi connectivity index (χ1v) is 10.3. The van der Waals surface area contributed by atoms with Gasteiger partial charge in [-0.25, -0.2) is 4.98 Å². The number of fused-ring (bicyclic) bond motifs is 2. The summed E-state index contributed by atoms with van der Waals surface area (Å²) in [6.45, 7) is 8.01. The van der Waals surface area contributed by atoms with Gasteiger partial charge >= 0.3 is 0 Å². The molecule has 144 valence electrons. The monoisotopic (exact) mass is 385 g/mol. The number of ether oxygens (including phenoxy) is 1. The van der Waals surface area contributed by atoms with Crippen molar-refractivity contribution in [3.63, 3.8) is 0 Å². The third-order valence-corrected chi connectivity index (χ3v) is 5.77. The molecule has 0 aliphatic rings. The lowest BCUT2D eigenvalue weighted by molar-refractivity contribution is 0.0952. The Labute approximate surface area is 164 Å². The summed E-state index contributed by atoms with van der Waals surface area (Å²) in [4.78, 5) is 21.2. The van der Waals surface area contributed by atoms with Crippen LogP contribution in [0, 0.1) is 0 Å². The van der Waals surface area contributed by atoms with Gasteiger partial charge in [0.25, 0.3) is 5.91 Å². The molecule has 0 fully saturated rings. The first-order chi connectivity index (χ1) is 13.1. The maximum Gasteiger partial charge on any atom is 0.261 e. The predicted molar refractivity (Wildman–Crippen MR) is 113 cm³/mol. The summed E-state index contributed by atoms with van der Waals surface area (Å²) in [6, 6.07) is 9.85. The molecule has 1 N–H and O–H groups in total.